The van der Waals surface area contributed by atoms with E-state index in [2.05, 4.69) is 38.2 Å². The lowest BCUT2D eigenvalue weighted by Crippen LogP contribution is -2.47. The number of likely N-dealkylation sites (N-methyl/N-ethyl adjacent to an activating group) is 1. The molecule has 0 aromatic rings. The second-order valence-electron chi connectivity index (χ2n) is 6.61. The van der Waals surface area contributed by atoms with Crippen molar-refractivity contribution in [1.29, 1.82) is 0 Å². The molecular weight excluding hydrogens is 277 g/mol. The molecule has 1 unspecified atom stereocenters. The van der Waals surface area contributed by atoms with Gasteiger partial charge in [0.1, 0.15) is 0 Å². The van der Waals surface area contributed by atoms with Gasteiger partial charge in [0.15, 0.2) is 0 Å². The summed E-state index contributed by atoms with van der Waals surface area (Å²) in [7, 11) is 4.18. The van der Waals surface area contributed by atoms with Crippen molar-refractivity contribution in [3.8, 4) is 0 Å². The summed E-state index contributed by atoms with van der Waals surface area (Å²) in [5, 5.41) is 3.52. The summed E-state index contributed by atoms with van der Waals surface area (Å²) < 4.78 is 38.0. The van der Waals surface area contributed by atoms with Gasteiger partial charge in [0.2, 0.25) is 0 Å². The molecule has 0 spiro atoms. The summed E-state index contributed by atoms with van der Waals surface area (Å²) >= 11 is 0. The van der Waals surface area contributed by atoms with Crippen molar-refractivity contribution in [3.05, 3.63) is 0 Å². The molecule has 1 atom stereocenters. The van der Waals surface area contributed by atoms with Crippen LogP contribution in [0.25, 0.3) is 0 Å². The van der Waals surface area contributed by atoms with Gasteiger partial charge in [-0.1, -0.05) is 26.7 Å². The second-order valence-corrected chi connectivity index (χ2v) is 6.61. The van der Waals surface area contributed by atoms with Gasteiger partial charge in [-0.3, -0.25) is 0 Å². The average molecular weight is 308 g/mol. The molecule has 0 radical (unpaired) electrons. The zero-order valence-electron chi connectivity index (χ0n) is 13.8. The third kappa shape index (κ3) is 5.78. The molecule has 0 amide bonds. The first-order valence-electron chi connectivity index (χ1n) is 8.26. The average Bonchev–Trinajstić information content (AvgIpc) is 2.42. The fraction of sp³-hybridized carbons (Fsp3) is 1.00. The molecule has 1 rings (SSSR count). The maximum absolute atomic E-state index is 12.7. The van der Waals surface area contributed by atoms with Gasteiger partial charge in [-0.2, -0.15) is 13.2 Å². The van der Waals surface area contributed by atoms with E-state index >= 15 is 0 Å². The van der Waals surface area contributed by atoms with E-state index in [0.717, 1.165) is 19.4 Å². The van der Waals surface area contributed by atoms with Crippen molar-refractivity contribution >= 4 is 0 Å². The fourth-order valence-electron chi connectivity index (χ4n) is 3.52. The van der Waals surface area contributed by atoms with Gasteiger partial charge in [0, 0.05) is 18.6 Å². The Balaban J connectivity index is 2.41. The largest absolute Gasteiger partial charge is 0.391 e. The Bertz CT molecular complexity index is 280. The van der Waals surface area contributed by atoms with E-state index in [1.807, 2.05) is 0 Å². The predicted molar refractivity (Wildman–Crippen MR) is 81.4 cm³/mol. The first-order valence-corrected chi connectivity index (χ1v) is 8.26. The van der Waals surface area contributed by atoms with Crippen LogP contribution in [0.4, 0.5) is 13.2 Å². The van der Waals surface area contributed by atoms with Crippen molar-refractivity contribution in [1.82, 2.24) is 10.2 Å². The van der Waals surface area contributed by atoms with Crippen molar-refractivity contribution < 1.29 is 13.2 Å². The SMILES string of the molecule is CCC(CC)C(CNC1CCC(C(F)(F)F)CC1)N(C)C. The quantitative estimate of drug-likeness (QED) is 0.763. The van der Waals surface area contributed by atoms with Gasteiger partial charge in [-0.05, 0) is 45.7 Å². The molecule has 0 heterocycles. The molecule has 0 aromatic carbocycles. The van der Waals surface area contributed by atoms with Gasteiger partial charge in [0.25, 0.3) is 0 Å². The van der Waals surface area contributed by atoms with Crippen LogP contribution in [0, 0.1) is 11.8 Å². The van der Waals surface area contributed by atoms with E-state index in [1.165, 1.54) is 0 Å². The van der Waals surface area contributed by atoms with Crippen LogP contribution < -0.4 is 5.32 Å². The predicted octanol–water partition coefficient (Wildman–Crippen LogP) is 4.06. The molecule has 1 N–H and O–H groups in total. The van der Waals surface area contributed by atoms with E-state index in [1.54, 1.807) is 0 Å². The van der Waals surface area contributed by atoms with Crippen molar-refractivity contribution in [2.24, 2.45) is 11.8 Å². The van der Waals surface area contributed by atoms with Crippen LogP contribution in [0.5, 0.6) is 0 Å². The van der Waals surface area contributed by atoms with E-state index < -0.39 is 12.1 Å². The molecule has 0 aromatic heterocycles. The molecule has 5 heteroatoms. The standard InChI is InChI=1S/C16H31F3N2/c1-5-12(6-2)15(21(3)4)11-20-14-9-7-13(8-10-14)16(17,18)19/h12-15,20H,5-11H2,1-4H3. The van der Waals surface area contributed by atoms with E-state index in [0.29, 0.717) is 24.8 Å². The highest BCUT2D eigenvalue weighted by Gasteiger charge is 2.41. The van der Waals surface area contributed by atoms with E-state index in [9.17, 15) is 13.2 Å². The Morgan fingerprint density at radius 3 is 1.95 bits per heavy atom. The minimum Gasteiger partial charge on any atom is -0.312 e. The van der Waals surface area contributed by atoms with Crippen LogP contribution in [-0.4, -0.2) is 43.8 Å². The molecule has 0 saturated heterocycles. The smallest absolute Gasteiger partial charge is 0.312 e. The van der Waals surface area contributed by atoms with Crippen LogP contribution in [0.3, 0.4) is 0 Å². The van der Waals surface area contributed by atoms with Gasteiger partial charge >= 0.3 is 6.18 Å². The summed E-state index contributed by atoms with van der Waals surface area (Å²) in [5.74, 6) is -0.446. The molecule has 1 aliphatic carbocycles. The van der Waals surface area contributed by atoms with Crippen LogP contribution in [0.1, 0.15) is 52.4 Å². The fourth-order valence-corrected chi connectivity index (χ4v) is 3.52. The third-order valence-electron chi connectivity index (χ3n) is 5.06. The molecule has 1 fully saturated rings. The minimum absolute atomic E-state index is 0.250. The lowest BCUT2D eigenvalue weighted by atomic mass is 9.85. The van der Waals surface area contributed by atoms with Crippen LogP contribution in [0.15, 0.2) is 0 Å². The highest BCUT2D eigenvalue weighted by Crippen LogP contribution is 2.37. The number of hydrogen-bond donors (Lipinski definition) is 1. The monoisotopic (exact) mass is 308 g/mol. The highest BCUT2D eigenvalue weighted by molar-refractivity contribution is 4.84. The van der Waals surface area contributed by atoms with Crippen LogP contribution in [0.2, 0.25) is 0 Å². The van der Waals surface area contributed by atoms with Crippen molar-refractivity contribution in [2.45, 2.75) is 70.6 Å². The van der Waals surface area contributed by atoms with Gasteiger partial charge < -0.3 is 10.2 Å². The highest BCUT2D eigenvalue weighted by atomic mass is 19.4. The Morgan fingerprint density at radius 1 is 1.05 bits per heavy atom. The summed E-state index contributed by atoms with van der Waals surface area (Å²) in [6.07, 6.45) is 0.119. The third-order valence-corrected chi connectivity index (χ3v) is 5.06. The summed E-state index contributed by atoms with van der Waals surface area (Å²) in [4.78, 5) is 2.24. The Kier molecular flexibility index (Phi) is 7.48. The maximum Gasteiger partial charge on any atom is 0.391 e. The van der Waals surface area contributed by atoms with E-state index in [-0.39, 0.29) is 18.9 Å². The van der Waals surface area contributed by atoms with Gasteiger partial charge in [-0.15, -0.1) is 0 Å². The molecule has 126 valence electrons. The number of nitrogens with zero attached hydrogens (tertiary/aromatic N) is 1. The molecule has 2 nitrogen and oxygen atoms in total. The number of alkyl halides is 3. The molecule has 0 aliphatic heterocycles. The first kappa shape index (κ1) is 18.8. The van der Waals surface area contributed by atoms with Crippen LogP contribution in [-0.2, 0) is 0 Å². The summed E-state index contributed by atoms with van der Waals surface area (Å²) in [5.41, 5.74) is 0. The molecular formula is C16H31F3N2. The van der Waals surface area contributed by atoms with Gasteiger partial charge in [-0.25, -0.2) is 0 Å². The summed E-state index contributed by atoms with van der Waals surface area (Å²) in [6, 6.07) is 0.709. The molecule has 0 bridgehead atoms. The molecule has 1 saturated carbocycles. The molecule has 1 aliphatic rings. The molecule has 21 heavy (non-hydrogen) atoms. The first-order chi connectivity index (χ1) is 9.79. The Morgan fingerprint density at radius 2 is 1.57 bits per heavy atom. The number of rotatable bonds is 7. The summed E-state index contributed by atoms with van der Waals surface area (Å²) in [6.45, 7) is 5.29. The maximum atomic E-state index is 12.7. The van der Waals surface area contributed by atoms with E-state index in [4.69, 9.17) is 0 Å². The zero-order valence-corrected chi connectivity index (χ0v) is 13.8. The Labute approximate surface area is 127 Å². The second kappa shape index (κ2) is 8.37. The number of halogens is 3. The zero-order chi connectivity index (χ0) is 16.0. The van der Waals surface area contributed by atoms with Crippen molar-refractivity contribution in [2.75, 3.05) is 20.6 Å². The lowest BCUT2D eigenvalue weighted by molar-refractivity contribution is -0.182. The van der Waals surface area contributed by atoms with Crippen LogP contribution >= 0.6 is 0 Å². The van der Waals surface area contributed by atoms with Gasteiger partial charge in [0.05, 0.1) is 5.92 Å². The topological polar surface area (TPSA) is 15.3 Å². The lowest BCUT2D eigenvalue weighted by Gasteiger charge is -2.35. The minimum atomic E-state index is -4.01. The Hall–Kier alpha value is -0.290. The number of hydrogen-bond acceptors (Lipinski definition) is 2. The number of nitrogens with one attached hydrogen (secondary N) is 1. The normalized spacial score (nSPS) is 25.6. The van der Waals surface area contributed by atoms with Crippen molar-refractivity contribution in [3.63, 3.8) is 0 Å².